The zero-order chi connectivity index (χ0) is 25.7. The highest BCUT2D eigenvalue weighted by molar-refractivity contribution is 5.74. The van der Waals surface area contributed by atoms with Gasteiger partial charge in [-0.1, -0.05) is 0 Å². The number of nitrogens with zero attached hydrogens (tertiary/aromatic N) is 7. The average Bonchev–Trinajstić information content (AvgIpc) is 3.64. The molecule has 37 heavy (non-hydrogen) atoms. The maximum absolute atomic E-state index is 14.5. The van der Waals surface area contributed by atoms with E-state index in [0.29, 0.717) is 41.4 Å². The first-order valence-electron chi connectivity index (χ1n) is 11.3. The van der Waals surface area contributed by atoms with E-state index in [4.69, 9.17) is 4.98 Å². The van der Waals surface area contributed by atoms with E-state index in [2.05, 4.69) is 25.3 Å². The van der Waals surface area contributed by atoms with Gasteiger partial charge >= 0.3 is 6.18 Å². The number of halogens is 5. The van der Waals surface area contributed by atoms with Crippen LogP contribution in [0, 0.1) is 11.6 Å². The Morgan fingerprint density at radius 2 is 1.81 bits per heavy atom. The van der Waals surface area contributed by atoms with Crippen LogP contribution in [0.3, 0.4) is 0 Å². The summed E-state index contributed by atoms with van der Waals surface area (Å²) in [5.41, 5.74) is 0.546. The highest BCUT2D eigenvalue weighted by atomic mass is 19.4. The number of fused-ring (bicyclic) bond motifs is 1. The topological polar surface area (TPSA) is 87.9 Å². The van der Waals surface area contributed by atoms with Crippen LogP contribution in [0.4, 0.5) is 27.8 Å². The summed E-state index contributed by atoms with van der Waals surface area (Å²) in [6, 6.07) is 6.93. The summed E-state index contributed by atoms with van der Waals surface area (Å²) in [6.07, 6.45) is 1.20. The van der Waals surface area contributed by atoms with Gasteiger partial charge < -0.3 is 9.88 Å². The van der Waals surface area contributed by atoms with Crippen molar-refractivity contribution < 1.29 is 22.0 Å². The van der Waals surface area contributed by atoms with Gasteiger partial charge in [0.25, 0.3) is 0 Å². The second-order valence-corrected chi connectivity index (χ2v) is 8.58. The number of benzene rings is 1. The van der Waals surface area contributed by atoms with E-state index in [1.807, 2.05) is 4.90 Å². The molecule has 1 atom stereocenters. The van der Waals surface area contributed by atoms with Gasteiger partial charge in [-0.25, -0.2) is 18.3 Å². The van der Waals surface area contributed by atoms with Crippen molar-refractivity contribution >= 4 is 11.5 Å². The van der Waals surface area contributed by atoms with Crippen LogP contribution >= 0.6 is 0 Å². The highest BCUT2D eigenvalue weighted by Crippen LogP contribution is 2.37. The first-order chi connectivity index (χ1) is 17.8. The van der Waals surface area contributed by atoms with Crippen LogP contribution in [-0.4, -0.2) is 41.3 Å². The zero-order valence-corrected chi connectivity index (χ0v) is 18.9. The second-order valence-electron chi connectivity index (χ2n) is 8.58. The Morgan fingerprint density at radius 3 is 2.59 bits per heavy atom. The molecule has 1 N–H and O–H groups in total. The van der Waals surface area contributed by atoms with E-state index in [0.717, 1.165) is 30.8 Å². The van der Waals surface area contributed by atoms with Crippen molar-refractivity contribution in [1.82, 2.24) is 34.8 Å². The number of pyridine rings is 1. The molecule has 0 unspecified atom stereocenters. The SMILES string of the molecule is Fc1ccc(F)c([C@H]2CCCN2c2ccn3ncc(-c4nnc(-c5ccc(C(F)(F)F)nc5)[nH]4)c3n2)c1. The second kappa shape index (κ2) is 8.61. The summed E-state index contributed by atoms with van der Waals surface area (Å²) in [4.78, 5) is 13.1. The molecule has 8 nitrogen and oxygen atoms in total. The Balaban J connectivity index is 1.33. The molecule has 0 amide bonds. The van der Waals surface area contributed by atoms with Crippen molar-refractivity contribution in [2.75, 3.05) is 11.4 Å². The largest absolute Gasteiger partial charge is 0.433 e. The van der Waals surface area contributed by atoms with Crippen molar-refractivity contribution in [3.8, 4) is 22.8 Å². The van der Waals surface area contributed by atoms with Gasteiger partial charge in [0.05, 0.1) is 17.8 Å². The molecule has 0 spiro atoms. The Bertz CT molecular complexity index is 1590. The van der Waals surface area contributed by atoms with Gasteiger partial charge in [-0.05, 0) is 49.2 Å². The van der Waals surface area contributed by atoms with Crippen LogP contribution in [0.2, 0.25) is 0 Å². The van der Waals surface area contributed by atoms with Gasteiger partial charge in [0.2, 0.25) is 0 Å². The quantitative estimate of drug-likeness (QED) is 0.333. The van der Waals surface area contributed by atoms with Crippen LogP contribution in [-0.2, 0) is 6.18 Å². The van der Waals surface area contributed by atoms with E-state index in [1.54, 1.807) is 12.3 Å². The summed E-state index contributed by atoms with van der Waals surface area (Å²) in [6.45, 7) is 0.612. The summed E-state index contributed by atoms with van der Waals surface area (Å²) >= 11 is 0. The van der Waals surface area contributed by atoms with E-state index in [9.17, 15) is 22.0 Å². The van der Waals surface area contributed by atoms with Gasteiger partial charge in [-0.15, -0.1) is 10.2 Å². The number of alkyl halides is 3. The van der Waals surface area contributed by atoms with Crippen molar-refractivity contribution in [1.29, 1.82) is 0 Å². The third kappa shape index (κ3) is 4.15. The third-order valence-electron chi connectivity index (χ3n) is 6.29. The van der Waals surface area contributed by atoms with Gasteiger partial charge in [-0.2, -0.15) is 18.3 Å². The normalized spacial score (nSPS) is 16.1. The zero-order valence-electron chi connectivity index (χ0n) is 18.9. The molecule has 0 saturated carbocycles. The first-order valence-corrected chi connectivity index (χ1v) is 11.3. The molecule has 13 heteroatoms. The average molecular weight is 512 g/mol. The lowest BCUT2D eigenvalue weighted by atomic mass is 10.0. The predicted molar refractivity (Wildman–Crippen MR) is 122 cm³/mol. The van der Waals surface area contributed by atoms with Crippen LogP contribution < -0.4 is 4.90 Å². The van der Waals surface area contributed by atoms with E-state index < -0.39 is 23.5 Å². The molecule has 1 aliphatic heterocycles. The van der Waals surface area contributed by atoms with Gasteiger partial charge in [0.1, 0.15) is 23.1 Å². The van der Waals surface area contributed by atoms with Crippen molar-refractivity contribution in [3.05, 3.63) is 77.9 Å². The van der Waals surface area contributed by atoms with Crippen molar-refractivity contribution in [3.63, 3.8) is 0 Å². The number of aromatic amines is 1. The van der Waals surface area contributed by atoms with Gasteiger partial charge in [0.15, 0.2) is 17.3 Å². The minimum absolute atomic E-state index is 0.230. The van der Waals surface area contributed by atoms with Gasteiger partial charge in [-0.3, -0.25) is 4.98 Å². The molecule has 0 radical (unpaired) electrons. The number of aromatic nitrogens is 7. The molecule has 188 valence electrons. The summed E-state index contributed by atoms with van der Waals surface area (Å²) in [5.74, 6) is 0.120. The Kier molecular flexibility index (Phi) is 5.35. The van der Waals surface area contributed by atoms with Crippen LogP contribution in [0.25, 0.3) is 28.4 Å². The maximum Gasteiger partial charge on any atom is 0.433 e. The molecular formula is C24H17F5N8. The van der Waals surface area contributed by atoms with Crippen molar-refractivity contribution in [2.24, 2.45) is 0 Å². The van der Waals surface area contributed by atoms with E-state index in [-0.39, 0.29) is 17.4 Å². The molecule has 1 saturated heterocycles. The fourth-order valence-electron chi connectivity index (χ4n) is 4.54. The molecule has 0 aliphatic carbocycles. The van der Waals surface area contributed by atoms with Crippen molar-refractivity contribution in [2.45, 2.75) is 25.1 Å². The smallest absolute Gasteiger partial charge is 0.349 e. The number of hydrogen-bond donors (Lipinski definition) is 1. The maximum atomic E-state index is 14.5. The number of H-pyrrole nitrogens is 1. The highest BCUT2D eigenvalue weighted by Gasteiger charge is 2.32. The molecule has 1 aliphatic rings. The number of anilines is 1. The van der Waals surface area contributed by atoms with Crippen LogP contribution in [0.5, 0.6) is 0 Å². The van der Waals surface area contributed by atoms with Gasteiger partial charge in [0, 0.05) is 30.1 Å². The van der Waals surface area contributed by atoms with E-state index >= 15 is 0 Å². The fraction of sp³-hybridized carbons (Fsp3) is 0.208. The molecule has 0 bridgehead atoms. The summed E-state index contributed by atoms with van der Waals surface area (Å²) in [5, 5.41) is 12.4. The lowest BCUT2D eigenvalue weighted by Crippen LogP contribution is -2.24. The number of hydrogen-bond acceptors (Lipinski definition) is 6. The Labute approximate surface area is 205 Å². The summed E-state index contributed by atoms with van der Waals surface area (Å²) in [7, 11) is 0. The summed E-state index contributed by atoms with van der Waals surface area (Å²) < 4.78 is 68.3. The van der Waals surface area contributed by atoms with Crippen LogP contribution in [0.1, 0.15) is 30.1 Å². The fourth-order valence-corrected chi connectivity index (χ4v) is 4.54. The first kappa shape index (κ1) is 23.0. The van der Waals surface area contributed by atoms with E-state index in [1.165, 1.54) is 22.8 Å². The molecule has 5 heterocycles. The lowest BCUT2D eigenvalue weighted by Gasteiger charge is -2.26. The minimum Gasteiger partial charge on any atom is -0.349 e. The lowest BCUT2D eigenvalue weighted by molar-refractivity contribution is -0.141. The molecule has 5 aromatic rings. The minimum atomic E-state index is -4.54. The monoisotopic (exact) mass is 512 g/mol. The Hall–Kier alpha value is -4.42. The van der Waals surface area contributed by atoms with Crippen LogP contribution in [0.15, 0.2) is 55.0 Å². The number of nitrogens with one attached hydrogen (secondary N) is 1. The predicted octanol–water partition coefficient (Wildman–Crippen LogP) is 5.21. The molecule has 4 aromatic heterocycles. The Morgan fingerprint density at radius 1 is 0.973 bits per heavy atom. The standard InChI is InChI=1S/C24H17F5N8/c25-14-4-5-17(26)15(10-14)18-2-1-8-36(18)20-7-9-37-23(32-20)16(12-31-37)22-33-21(34-35-22)13-3-6-19(30-11-13)24(27,28)29/h3-7,9-12,18H,1-2,8H2,(H,33,34,35)/t18-/m1/s1. The number of rotatable bonds is 4. The molecule has 1 aromatic carbocycles. The molecule has 1 fully saturated rings. The third-order valence-corrected chi connectivity index (χ3v) is 6.29. The molecule has 6 rings (SSSR count). The molecular weight excluding hydrogens is 495 g/mol.